The van der Waals surface area contributed by atoms with E-state index >= 15 is 0 Å². The van der Waals surface area contributed by atoms with Crippen molar-refractivity contribution in [2.45, 2.75) is 43.5 Å². The van der Waals surface area contributed by atoms with E-state index in [1.54, 1.807) is 0 Å². The summed E-state index contributed by atoms with van der Waals surface area (Å²) >= 11 is 0. The van der Waals surface area contributed by atoms with Crippen LogP contribution >= 0.6 is 12.4 Å². The van der Waals surface area contributed by atoms with Gasteiger partial charge in [-0.25, -0.2) is 8.42 Å². The van der Waals surface area contributed by atoms with Gasteiger partial charge in [0.15, 0.2) is 9.84 Å². The highest BCUT2D eigenvalue weighted by atomic mass is 35.5. The monoisotopic (exact) mass is 330 g/mol. The van der Waals surface area contributed by atoms with Crippen LogP contribution < -0.4 is 5.73 Å². The molecule has 0 bridgehead atoms. The molecule has 1 aliphatic carbocycles. The van der Waals surface area contributed by atoms with Crippen molar-refractivity contribution in [2.75, 3.05) is 18.0 Å². The number of benzene rings is 1. The van der Waals surface area contributed by atoms with Crippen molar-refractivity contribution in [2.24, 2.45) is 0 Å². The van der Waals surface area contributed by atoms with Gasteiger partial charge in [0.25, 0.3) is 0 Å². The van der Waals surface area contributed by atoms with E-state index in [1.165, 1.54) is 5.56 Å². The van der Waals surface area contributed by atoms with E-state index in [-0.39, 0.29) is 23.7 Å². The molecule has 6 heteroatoms. The fourth-order valence-electron chi connectivity index (χ4n) is 3.60. The molecule has 2 fully saturated rings. The van der Waals surface area contributed by atoms with Crippen LogP contribution in [0.5, 0.6) is 0 Å². The van der Waals surface area contributed by atoms with Crippen LogP contribution in [-0.2, 0) is 16.4 Å². The van der Waals surface area contributed by atoms with Gasteiger partial charge in [0.1, 0.15) is 0 Å². The third kappa shape index (κ3) is 3.52. The number of anilines is 1. The van der Waals surface area contributed by atoms with Crippen molar-refractivity contribution in [1.82, 2.24) is 4.90 Å². The summed E-state index contributed by atoms with van der Waals surface area (Å²) in [7, 11) is -2.88. The molecule has 1 saturated heterocycles. The van der Waals surface area contributed by atoms with Crippen LogP contribution in [0, 0.1) is 0 Å². The fourth-order valence-corrected chi connectivity index (χ4v) is 5.70. The van der Waals surface area contributed by atoms with E-state index in [9.17, 15) is 8.42 Å². The summed E-state index contributed by atoms with van der Waals surface area (Å²) in [5, 5.41) is -0.147. The minimum absolute atomic E-state index is 0. The Bertz CT molecular complexity index is 591. The maximum atomic E-state index is 12.2. The van der Waals surface area contributed by atoms with Crippen molar-refractivity contribution in [3.8, 4) is 0 Å². The van der Waals surface area contributed by atoms with Crippen LogP contribution in [0.3, 0.4) is 0 Å². The minimum atomic E-state index is -2.88. The van der Waals surface area contributed by atoms with E-state index in [4.69, 9.17) is 5.73 Å². The molecule has 0 amide bonds. The molecule has 2 atom stereocenters. The van der Waals surface area contributed by atoms with Gasteiger partial charge < -0.3 is 5.73 Å². The third-order valence-electron chi connectivity index (χ3n) is 4.60. The lowest BCUT2D eigenvalue weighted by atomic mass is 9.93. The molecule has 2 N–H and O–H groups in total. The average Bonchev–Trinajstić information content (AvgIpc) is 2.43. The second-order valence-corrected chi connectivity index (χ2v) is 8.31. The second kappa shape index (κ2) is 6.55. The number of nitrogen functional groups attached to an aromatic ring is 1. The van der Waals surface area contributed by atoms with Gasteiger partial charge in [0, 0.05) is 24.8 Å². The molecule has 2 unspecified atom stereocenters. The molecule has 1 heterocycles. The number of sulfone groups is 1. The molecule has 21 heavy (non-hydrogen) atoms. The second-order valence-electron chi connectivity index (χ2n) is 5.97. The number of rotatable bonds is 2. The topological polar surface area (TPSA) is 63.4 Å². The summed E-state index contributed by atoms with van der Waals surface area (Å²) in [6, 6.07) is 8.10. The molecule has 1 saturated carbocycles. The normalized spacial score (nSPS) is 28.4. The summed E-state index contributed by atoms with van der Waals surface area (Å²) in [4.78, 5) is 2.35. The molecule has 1 aromatic carbocycles. The van der Waals surface area contributed by atoms with Crippen LogP contribution in [0.4, 0.5) is 5.69 Å². The first-order valence-electron chi connectivity index (χ1n) is 7.36. The maximum absolute atomic E-state index is 12.2. The van der Waals surface area contributed by atoms with Crippen molar-refractivity contribution < 1.29 is 8.42 Å². The number of fused-ring (bicyclic) bond motifs is 1. The molecule has 2 aliphatic rings. The smallest absolute Gasteiger partial charge is 0.155 e. The number of hydrogen-bond acceptors (Lipinski definition) is 4. The zero-order valence-corrected chi connectivity index (χ0v) is 13.7. The summed E-state index contributed by atoms with van der Waals surface area (Å²) in [6.07, 6.45) is 4.03. The van der Waals surface area contributed by atoms with E-state index < -0.39 is 9.84 Å². The van der Waals surface area contributed by atoms with Gasteiger partial charge in [-0.15, -0.1) is 12.4 Å². The highest BCUT2D eigenvalue weighted by Gasteiger charge is 2.42. The number of halogens is 1. The van der Waals surface area contributed by atoms with Crippen molar-refractivity contribution in [3.63, 3.8) is 0 Å². The molecular weight excluding hydrogens is 308 g/mol. The van der Waals surface area contributed by atoms with Crippen LogP contribution in [-0.4, -0.2) is 36.9 Å². The standard InChI is InChI=1S/C15H22N2O2S.ClH/c16-13-5-3-4-12(10-13)11-17-8-9-20(18,19)15-7-2-1-6-14(15)17;/h3-5,10,14-15H,1-2,6-9,11,16H2;1H. The summed E-state index contributed by atoms with van der Waals surface area (Å²) in [5.74, 6) is 0.302. The highest BCUT2D eigenvalue weighted by molar-refractivity contribution is 7.92. The Morgan fingerprint density at radius 2 is 2.00 bits per heavy atom. The Hall–Kier alpha value is -0.780. The first-order chi connectivity index (χ1) is 9.56. The lowest BCUT2D eigenvalue weighted by molar-refractivity contribution is 0.148. The number of hydrogen-bond donors (Lipinski definition) is 1. The van der Waals surface area contributed by atoms with Gasteiger partial charge >= 0.3 is 0 Å². The number of nitrogens with two attached hydrogens (primary N) is 1. The summed E-state index contributed by atoms with van der Waals surface area (Å²) in [5.41, 5.74) is 7.77. The van der Waals surface area contributed by atoms with Crippen molar-refractivity contribution >= 4 is 27.9 Å². The van der Waals surface area contributed by atoms with E-state index in [1.807, 2.05) is 18.2 Å². The fraction of sp³-hybridized carbons (Fsp3) is 0.600. The molecule has 3 rings (SSSR count). The number of nitrogens with zero attached hydrogens (tertiary/aromatic N) is 1. The molecule has 0 aromatic heterocycles. The van der Waals surface area contributed by atoms with Gasteiger partial charge in [-0.1, -0.05) is 25.0 Å². The Kier molecular flexibility index (Phi) is 5.17. The molecule has 0 radical (unpaired) electrons. The molecule has 0 spiro atoms. The van der Waals surface area contributed by atoms with Gasteiger partial charge in [-0.05, 0) is 30.5 Å². The lowest BCUT2D eigenvalue weighted by Crippen LogP contribution is -2.55. The quantitative estimate of drug-likeness (QED) is 0.845. The zero-order chi connectivity index (χ0) is 14.2. The summed E-state index contributed by atoms with van der Waals surface area (Å²) < 4.78 is 24.4. The first kappa shape index (κ1) is 16.6. The molecule has 4 nitrogen and oxygen atoms in total. The van der Waals surface area contributed by atoms with Gasteiger partial charge in [0.05, 0.1) is 11.0 Å². The molecule has 118 valence electrons. The van der Waals surface area contributed by atoms with Crippen LogP contribution in [0.1, 0.15) is 31.2 Å². The molecule has 1 aliphatic heterocycles. The van der Waals surface area contributed by atoms with Crippen molar-refractivity contribution in [3.05, 3.63) is 29.8 Å². The van der Waals surface area contributed by atoms with Gasteiger partial charge in [-0.3, -0.25) is 4.90 Å². The minimum Gasteiger partial charge on any atom is -0.399 e. The van der Waals surface area contributed by atoms with E-state index in [0.29, 0.717) is 12.3 Å². The first-order valence-corrected chi connectivity index (χ1v) is 9.08. The zero-order valence-electron chi connectivity index (χ0n) is 12.1. The van der Waals surface area contributed by atoms with Gasteiger partial charge in [-0.2, -0.15) is 0 Å². The SMILES string of the molecule is Cl.Nc1cccc(CN2CCS(=O)(=O)C3CCCCC32)c1. The maximum Gasteiger partial charge on any atom is 0.155 e. The summed E-state index contributed by atoms with van der Waals surface area (Å²) in [6.45, 7) is 1.46. The Morgan fingerprint density at radius 1 is 1.24 bits per heavy atom. The van der Waals surface area contributed by atoms with E-state index in [2.05, 4.69) is 11.0 Å². The van der Waals surface area contributed by atoms with Crippen LogP contribution in [0.15, 0.2) is 24.3 Å². The average molecular weight is 331 g/mol. The largest absolute Gasteiger partial charge is 0.399 e. The Morgan fingerprint density at radius 3 is 2.76 bits per heavy atom. The van der Waals surface area contributed by atoms with Crippen molar-refractivity contribution in [1.29, 1.82) is 0 Å². The predicted molar refractivity (Wildman–Crippen MR) is 88.3 cm³/mol. The van der Waals surface area contributed by atoms with Gasteiger partial charge in [0.2, 0.25) is 0 Å². The lowest BCUT2D eigenvalue weighted by Gasteiger charge is -2.43. The third-order valence-corrected chi connectivity index (χ3v) is 6.82. The molecular formula is C15H23ClN2O2S. The van der Waals surface area contributed by atoms with Crippen LogP contribution in [0.2, 0.25) is 0 Å². The Balaban J connectivity index is 0.00000161. The highest BCUT2D eigenvalue weighted by Crippen LogP contribution is 2.32. The van der Waals surface area contributed by atoms with Crippen LogP contribution in [0.25, 0.3) is 0 Å². The van der Waals surface area contributed by atoms with E-state index in [0.717, 1.165) is 37.9 Å². The Labute approximate surface area is 133 Å². The molecule has 1 aromatic rings. The predicted octanol–water partition coefficient (Wildman–Crippen LogP) is 2.23.